The number of hydrogen-bond donors (Lipinski definition) is 1. The van der Waals surface area contributed by atoms with Gasteiger partial charge in [0.25, 0.3) is 0 Å². The summed E-state index contributed by atoms with van der Waals surface area (Å²) in [5.74, 6) is 0.201. The van der Waals surface area contributed by atoms with Gasteiger partial charge in [0.05, 0.1) is 6.54 Å². The second-order valence-corrected chi connectivity index (χ2v) is 6.00. The summed E-state index contributed by atoms with van der Waals surface area (Å²) in [6, 6.07) is 0.442. The van der Waals surface area contributed by atoms with Gasteiger partial charge in [0, 0.05) is 44.6 Å². The first-order chi connectivity index (χ1) is 10.9. The third kappa shape index (κ3) is 4.37. The van der Waals surface area contributed by atoms with Gasteiger partial charge < -0.3 is 14.8 Å². The van der Waals surface area contributed by atoms with Gasteiger partial charge in [0.2, 0.25) is 0 Å². The Morgan fingerprint density at radius 3 is 2.57 bits per heavy atom. The molecule has 0 aromatic carbocycles. The second kappa shape index (κ2) is 6.38. The molecule has 0 atom stereocenters. The lowest BCUT2D eigenvalue weighted by atomic mass is 10.3. The summed E-state index contributed by atoms with van der Waals surface area (Å²) < 4.78 is 38.3. The summed E-state index contributed by atoms with van der Waals surface area (Å²) in [6.07, 6.45) is 0.756. The standard InChI is InChI=1S/C14H20F3N5O/c15-14(16,17)10-22-4-3-18-12(22)9-19-13(23)21-7-5-20(6-8-21)11-1-2-11/h3-4,11H,1-2,5-10H2,(H,19,23). The van der Waals surface area contributed by atoms with E-state index in [1.807, 2.05) is 0 Å². The fourth-order valence-electron chi connectivity index (χ4n) is 2.84. The van der Waals surface area contributed by atoms with E-state index in [0.29, 0.717) is 19.1 Å². The Bertz CT molecular complexity index is 547. The van der Waals surface area contributed by atoms with Crippen LogP contribution in [0.25, 0.3) is 0 Å². The molecule has 2 amide bonds. The van der Waals surface area contributed by atoms with Crippen LogP contribution in [0.4, 0.5) is 18.0 Å². The van der Waals surface area contributed by atoms with Gasteiger partial charge in [-0.3, -0.25) is 4.90 Å². The molecule has 128 valence electrons. The minimum atomic E-state index is -4.31. The predicted octanol–water partition coefficient (Wildman–Crippen LogP) is 1.44. The van der Waals surface area contributed by atoms with E-state index < -0.39 is 12.7 Å². The fraction of sp³-hybridized carbons (Fsp3) is 0.714. The summed E-state index contributed by atoms with van der Waals surface area (Å²) in [5, 5.41) is 2.66. The molecule has 2 aliphatic rings. The number of rotatable bonds is 4. The zero-order chi connectivity index (χ0) is 16.4. The van der Waals surface area contributed by atoms with Crippen LogP contribution in [0.3, 0.4) is 0 Å². The van der Waals surface area contributed by atoms with Crippen molar-refractivity contribution in [1.82, 2.24) is 24.7 Å². The van der Waals surface area contributed by atoms with Crippen molar-refractivity contribution in [3.63, 3.8) is 0 Å². The van der Waals surface area contributed by atoms with Crippen LogP contribution in [0.1, 0.15) is 18.7 Å². The number of halogens is 3. The highest BCUT2D eigenvalue weighted by Gasteiger charge is 2.32. The first-order valence-corrected chi connectivity index (χ1v) is 7.76. The molecule has 23 heavy (non-hydrogen) atoms. The van der Waals surface area contributed by atoms with Crippen LogP contribution in [0.5, 0.6) is 0 Å². The van der Waals surface area contributed by atoms with Gasteiger partial charge in [-0.05, 0) is 12.8 Å². The maximum Gasteiger partial charge on any atom is 0.406 e. The van der Waals surface area contributed by atoms with E-state index >= 15 is 0 Å². The normalized spacial score (nSPS) is 19.9. The second-order valence-electron chi connectivity index (χ2n) is 6.00. The lowest BCUT2D eigenvalue weighted by molar-refractivity contribution is -0.141. The number of carbonyl (C=O) groups excluding carboxylic acids is 1. The average molecular weight is 331 g/mol. The Balaban J connectivity index is 1.47. The molecule has 1 aliphatic heterocycles. The number of urea groups is 1. The van der Waals surface area contributed by atoms with Gasteiger partial charge in [-0.1, -0.05) is 0 Å². The third-order valence-corrected chi connectivity index (χ3v) is 4.21. The Hall–Kier alpha value is -1.77. The summed E-state index contributed by atoms with van der Waals surface area (Å²) >= 11 is 0. The molecule has 1 aromatic rings. The smallest absolute Gasteiger partial charge is 0.331 e. The number of nitrogens with zero attached hydrogens (tertiary/aromatic N) is 4. The van der Waals surface area contributed by atoms with Crippen molar-refractivity contribution in [1.29, 1.82) is 0 Å². The van der Waals surface area contributed by atoms with Gasteiger partial charge in [-0.2, -0.15) is 13.2 Å². The van der Waals surface area contributed by atoms with Crippen LogP contribution >= 0.6 is 0 Å². The predicted molar refractivity (Wildman–Crippen MR) is 76.7 cm³/mol. The molecule has 2 heterocycles. The molecule has 0 unspecified atom stereocenters. The summed E-state index contributed by atoms with van der Waals surface area (Å²) in [5.41, 5.74) is 0. The number of nitrogens with one attached hydrogen (secondary N) is 1. The summed E-state index contributed by atoms with van der Waals surface area (Å²) in [7, 11) is 0. The molecule has 2 fully saturated rings. The molecule has 6 nitrogen and oxygen atoms in total. The van der Waals surface area contributed by atoms with E-state index in [-0.39, 0.29) is 18.4 Å². The van der Waals surface area contributed by atoms with Crippen molar-refractivity contribution >= 4 is 6.03 Å². The number of imidazole rings is 1. The van der Waals surface area contributed by atoms with Gasteiger partial charge in [0.15, 0.2) is 0 Å². The van der Waals surface area contributed by atoms with Crippen LogP contribution in [-0.4, -0.2) is 63.8 Å². The van der Waals surface area contributed by atoms with E-state index in [0.717, 1.165) is 17.7 Å². The molecule has 1 N–H and O–H groups in total. The minimum Gasteiger partial charge on any atom is -0.331 e. The quantitative estimate of drug-likeness (QED) is 0.908. The van der Waals surface area contributed by atoms with Crippen LogP contribution in [-0.2, 0) is 13.1 Å². The zero-order valence-electron chi connectivity index (χ0n) is 12.7. The zero-order valence-corrected chi connectivity index (χ0v) is 12.7. The Morgan fingerprint density at radius 2 is 1.96 bits per heavy atom. The van der Waals surface area contributed by atoms with Crippen molar-refractivity contribution in [3.05, 3.63) is 18.2 Å². The fourth-order valence-corrected chi connectivity index (χ4v) is 2.84. The highest BCUT2D eigenvalue weighted by Crippen LogP contribution is 2.27. The number of hydrogen-bond acceptors (Lipinski definition) is 3. The molecular weight excluding hydrogens is 311 g/mol. The Kier molecular flexibility index (Phi) is 4.47. The van der Waals surface area contributed by atoms with Crippen LogP contribution in [0, 0.1) is 0 Å². The average Bonchev–Trinajstić information content (AvgIpc) is 3.26. The maximum absolute atomic E-state index is 12.4. The van der Waals surface area contributed by atoms with Crippen LogP contribution < -0.4 is 5.32 Å². The molecule has 0 spiro atoms. The first-order valence-electron chi connectivity index (χ1n) is 7.76. The number of alkyl halides is 3. The molecule has 1 saturated carbocycles. The highest BCUT2D eigenvalue weighted by molar-refractivity contribution is 5.74. The molecule has 3 rings (SSSR count). The van der Waals surface area contributed by atoms with Crippen LogP contribution in [0.15, 0.2) is 12.4 Å². The maximum atomic E-state index is 12.4. The largest absolute Gasteiger partial charge is 0.406 e. The summed E-state index contributed by atoms with van der Waals surface area (Å²) in [6.45, 7) is 1.92. The van der Waals surface area contributed by atoms with Gasteiger partial charge in [-0.25, -0.2) is 9.78 Å². The number of piperazine rings is 1. The number of carbonyl (C=O) groups is 1. The van der Waals surface area contributed by atoms with E-state index in [9.17, 15) is 18.0 Å². The lowest BCUT2D eigenvalue weighted by Crippen LogP contribution is -2.52. The van der Waals surface area contributed by atoms with Crippen molar-refractivity contribution < 1.29 is 18.0 Å². The van der Waals surface area contributed by atoms with Gasteiger partial charge in [0.1, 0.15) is 12.4 Å². The van der Waals surface area contributed by atoms with Crippen molar-refractivity contribution in [3.8, 4) is 0 Å². The number of amides is 2. The minimum absolute atomic E-state index is 0.00917. The van der Waals surface area contributed by atoms with E-state index in [1.165, 1.54) is 25.2 Å². The van der Waals surface area contributed by atoms with Crippen molar-refractivity contribution in [2.45, 2.75) is 38.1 Å². The molecule has 1 aromatic heterocycles. The highest BCUT2D eigenvalue weighted by atomic mass is 19.4. The van der Waals surface area contributed by atoms with Gasteiger partial charge >= 0.3 is 12.2 Å². The molecule has 9 heteroatoms. The Labute approximate surface area is 132 Å². The SMILES string of the molecule is O=C(NCc1nccn1CC(F)(F)F)N1CCN(C2CC2)CC1. The molecule has 0 radical (unpaired) electrons. The monoisotopic (exact) mass is 331 g/mol. The first kappa shape index (κ1) is 16.1. The van der Waals surface area contributed by atoms with E-state index in [2.05, 4.69) is 15.2 Å². The Morgan fingerprint density at radius 1 is 1.26 bits per heavy atom. The third-order valence-electron chi connectivity index (χ3n) is 4.21. The van der Waals surface area contributed by atoms with E-state index in [4.69, 9.17) is 0 Å². The topological polar surface area (TPSA) is 53.4 Å². The lowest BCUT2D eigenvalue weighted by Gasteiger charge is -2.34. The van der Waals surface area contributed by atoms with Crippen molar-refractivity contribution in [2.24, 2.45) is 0 Å². The number of aromatic nitrogens is 2. The van der Waals surface area contributed by atoms with Crippen LogP contribution in [0.2, 0.25) is 0 Å². The molecule has 0 bridgehead atoms. The molecule has 1 aliphatic carbocycles. The molecular formula is C14H20F3N5O. The van der Waals surface area contributed by atoms with E-state index in [1.54, 1.807) is 4.90 Å². The van der Waals surface area contributed by atoms with Crippen molar-refractivity contribution in [2.75, 3.05) is 26.2 Å². The van der Waals surface area contributed by atoms with Gasteiger partial charge in [-0.15, -0.1) is 0 Å². The molecule has 1 saturated heterocycles. The summed E-state index contributed by atoms with van der Waals surface area (Å²) in [4.78, 5) is 20.1.